The highest BCUT2D eigenvalue weighted by molar-refractivity contribution is 5.45. The van der Waals surface area contributed by atoms with E-state index in [0.29, 0.717) is 6.42 Å². The van der Waals surface area contributed by atoms with E-state index in [1.807, 2.05) is 19.2 Å². The Labute approximate surface area is 103 Å². The molecule has 0 radical (unpaired) electrons. The molecule has 3 nitrogen and oxygen atoms in total. The third-order valence-corrected chi connectivity index (χ3v) is 3.52. The lowest BCUT2D eigenvalue weighted by Gasteiger charge is -2.32. The number of rotatable bonds is 3. The summed E-state index contributed by atoms with van der Waals surface area (Å²) in [6.07, 6.45) is 4.78. The van der Waals surface area contributed by atoms with Gasteiger partial charge < -0.3 is 10.0 Å². The maximum atomic E-state index is 9.70. The molecule has 1 aliphatic heterocycles. The highest BCUT2D eigenvalue weighted by atomic mass is 16.3. The molecule has 2 atom stereocenters. The minimum atomic E-state index is -0.427. The Bertz CT molecular complexity index is 350. The molecule has 2 heterocycles. The van der Waals surface area contributed by atoms with E-state index in [4.69, 9.17) is 0 Å². The zero-order chi connectivity index (χ0) is 12.3. The summed E-state index contributed by atoms with van der Waals surface area (Å²) < 4.78 is 0. The van der Waals surface area contributed by atoms with Crippen LogP contribution in [0.1, 0.15) is 44.9 Å². The summed E-state index contributed by atoms with van der Waals surface area (Å²) in [5.41, 5.74) is 1.96. The normalized spacial score (nSPS) is 22.5. The van der Waals surface area contributed by atoms with Crippen LogP contribution < -0.4 is 4.90 Å². The quantitative estimate of drug-likeness (QED) is 0.873. The van der Waals surface area contributed by atoms with Crippen molar-refractivity contribution < 1.29 is 5.11 Å². The van der Waals surface area contributed by atoms with Crippen LogP contribution in [-0.2, 0) is 0 Å². The van der Waals surface area contributed by atoms with Crippen molar-refractivity contribution in [2.24, 2.45) is 5.92 Å². The largest absolute Gasteiger partial charge is 0.387 e. The molecule has 1 aromatic heterocycles. The van der Waals surface area contributed by atoms with Crippen molar-refractivity contribution in [2.45, 2.75) is 39.2 Å². The number of aromatic nitrogens is 1. The summed E-state index contributed by atoms with van der Waals surface area (Å²) in [6.45, 7) is 6.51. The molecule has 0 bridgehead atoms. The van der Waals surface area contributed by atoms with Crippen LogP contribution in [-0.4, -0.2) is 23.2 Å². The van der Waals surface area contributed by atoms with Crippen LogP contribution in [0.4, 0.5) is 5.69 Å². The van der Waals surface area contributed by atoms with Crippen molar-refractivity contribution in [1.29, 1.82) is 0 Å². The van der Waals surface area contributed by atoms with Gasteiger partial charge in [-0.05, 0) is 37.3 Å². The predicted molar refractivity (Wildman–Crippen MR) is 70.1 cm³/mol. The molecule has 0 spiro atoms. The van der Waals surface area contributed by atoms with Crippen LogP contribution in [0.2, 0.25) is 0 Å². The molecule has 94 valence electrons. The fourth-order valence-corrected chi connectivity index (χ4v) is 2.41. The van der Waals surface area contributed by atoms with Gasteiger partial charge in [-0.25, -0.2) is 0 Å². The van der Waals surface area contributed by atoms with Crippen LogP contribution >= 0.6 is 0 Å². The molecule has 3 heteroatoms. The zero-order valence-corrected chi connectivity index (χ0v) is 10.8. The fraction of sp³-hybridized carbons (Fsp3) is 0.643. The minimum absolute atomic E-state index is 0.427. The van der Waals surface area contributed by atoms with E-state index in [0.717, 1.165) is 24.7 Å². The van der Waals surface area contributed by atoms with E-state index in [1.54, 1.807) is 0 Å². The van der Waals surface area contributed by atoms with Gasteiger partial charge >= 0.3 is 0 Å². The van der Waals surface area contributed by atoms with Crippen LogP contribution in [0.25, 0.3) is 0 Å². The summed E-state index contributed by atoms with van der Waals surface area (Å²) in [7, 11) is 0. The lowest BCUT2D eigenvalue weighted by Crippen LogP contribution is -2.34. The van der Waals surface area contributed by atoms with Gasteiger partial charge in [0.2, 0.25) is 0 Å². The molecule has 17 heavy (non-hydrogen) atoms. The first-order chi connectivity index (χ1) is 8.20. The molecule has 1 fully saturated rings. The van der Waals surface area contributed by atoms with Gasteiger partial charge in [0.25, 0.3) is 0 Å². The number of aliphatic hydroxyl groups excluding tert-OH is 1. The van der Waals surface area contributed by atoms with Crippen LogP contribution in [0, 0.1) is 5.92 Å². The van der Waals surface area contributed by atoms with Gasteiger partial charge in [-0.15, -0.1) is 0 Å². The fourth-order valence-electron chi connectivity index (χ4n) is 2.41. The first kappa shape index (κ1) is 12.4. The van der Waals surface area contributed by atoms with E-state index in [1.165, 1.54) is 18.5 Å². The Morgan fingerprint density at radius 2 is 2.35 bits per heavy atom. The first-order valence-electron chi connectivity index (χ1n) is 6.59. The van der Waals surface area contributed by atoms with Crippen LogP contribution in [0.5, 0.6) is 0 Å². The lowest BCUT2D eigenvalue weighted by atomic mass is 10.00. The molecule has 1 aromatic rings. The van der Waals surface area contributed by atoms with E-state index >= 15 is 0 Å². The monoisotopic (exact) mass is 234 g/mol. The highest BCUT2D eigenvalue weighted by Crippen LogP contribution is 2.23. The summed E-state index contributed by atoms with van der Waals surface area (Å²) >= 11 is 0. The molecule has 1 aliphatic rings. The lowest BCUT2D eigenvalue weighted by molar-refractivity contribution is 0.169. The van der Waals surface area contributed by atoms with Gasteiger partial charge in [-0.2, -0.15) is 0 Å². The average molecular weight is 234 g/mol. The van der Waals surface area contributed by atoms with Gasteiger partial charge in [0.1, 0.15) is 0 Å². The maximum Gasteiger partial charge on any atom is 0.0957 e. The topological polar surface area (TPSA) is 36.4 Å². The standard InChI is InChI=1S/C14H22N2O/c1-3-14(17)13-7-6-12(9-15-13)16-8-4-5-11(2)10-16/h6-7,9,11,14,17H,3-5,8,10H2,1-2H3. The second kappa shape index (κ2) is 5.50. The van der Waals surface area contributed by atoms with Crippen LogP contribution in [0.15, 0.2) is 18.3 Å². The maximum absolute atomic E-state index is 9.70. The van der Waals surface area contributed by atoms with E-state index in [9.17, 15) is 5.11 Å². The van der Waals surface area contributed by atoms with E-state index < -0.39 is 6.10 Å². The van der Waals surface area contributed by atoms with Crippen LogP contribution in [0.3, 0.4) is 0 Å². The van der Waals surface area contributed by atoms with Crippen molar-refractivity contribution in [3.05, 3.63) is 24.0 Å². The van der Waals surface area contributed by atoms with Crippen molar-refractivity contribution >= 4 is 5.69 Å². The van der Waals surface area contributed by atoms with Gasteiger partial charge in [-0.1, -0.05) is 13.8 Å². The van der Waals surface area contributed by atoms with Crippen molar-refractivity contribution in [3.63, 3.8) is 0 Å². The summed E-state index contributed by atoms with van der Waals surface area (Å²) in [5.74, 6) is 0.768. The Hall–Kier alpha value is -1.09. The average Bonchev–Trinajstić information content (AvgIpc) is 2.38. The molecule has 2 rings (SSSR count). The minimum Gasteiger partial charge on any atom is -0.387 e. The van der Waals surface area contributed by atoms with Crippen molar-refractivity contribution in [2.75, 3.05) is 18.0 Å². The summed E-state index contributed by atoms with van der Waals surface area (Å²) in [6, 6.07) is 4.03. The van der Waals surface area contributed by atoms with E-state index in [2.05, 4.69) is 22.9 Å². The summed E-state index contributed by atoms with van der Waals surface area (Å²) in [4.78, 5) is 6.75. The molecular weight excluding hydrogens is 212 g/mol. The molecule has 1 N–H and O–H groups in total. The number of pyridine rings is 1. The molecule has 0 aromatic carbocycles. The Morgan fingerprint density at radius 1 is 1.53 bits per heavy atom. The molecule has 0 amide bonds. The Balaban J connectivity index is 2.06. The third-order valence-electron chi connectivity index (χ3n) is 3.52. The third kappa shape index (κ3) is 2.97. The molecular formula is C14H22N2O. The summed E-state index contributed by atoms with van der Waals surface area (Å²) in [5, 5.41) is 9.70. The Kier molecular flexibility index (Phi) is 4.00. The van der Waals surface area contributed by atoms with E-state index in [-0.39, 0.29) is 0 Å². The Morgan fingerprint density at radius 3 is 2.94 bits per heavy atom. The first-order valence-corrected chi connectivity index (χ1v) is 6.59. The second-order valence-electron chi connectivity index (χ2n) is 5.06. The number of nitrogens with zero attached hydrogens (tertiary/aromatic N) is 2. The zero-order valence-electron chi connectivity index (χ0n) is 10.8. The molecule has 1 saturated heterocycles. The van der Waals surface area contributed by atoms with Crippen molar-refractivity contribution in [3.8, 4) is 0 Å². The highest BCUT2D eigenvalue weighted by Gasteiger charge is 2.17. The van der Waals surface area contributed by atoms with Gasteiger partial charge in [-0.3, -0.25) is 4.98 Å². The number of anilines is 1. The second-order valence-corrected chi connectivity index (χ2v) is 5.06. The number of aliphatic hydroxyl groups is 1. The van der Waals surface area contributed by atoms with Gasteiger partial charge in [0.05, 0.1) is 23.7 Å². The smallest absolute Gasteiger partial charge is 0.0957 e. The molecule has 0 aliphatic carbocycles. The van der Waals surface area contributed by atoms with Crippen molar-refractivity contribution in [1.82, 2.24) is 4.98 Å². The number of hydrogen-bond donors (Lipinski definition) is 1. The molecule has 0 saturated carbocycles. The molecule has 2 unspecified atom stereocenters. The SMILES string of the molecule is CCC(O)c1ccc(N2CCCC(C)C2)cn1. The number of piperidine rings is 1. The van der Waals surface area contributed by atoms with Gasteiger partial charge in [0.15, 0.2) is 0 Å². The predicted octanol–water partition coefficient (Wildman–Crippen LogP) is 2.76. The number of hydrogen-bond acceptors (Lipinski definition) is 3. The van der Waals surface area contributed by atoms with Gasteiger partial charge in [0, 0.05) is 13.1 Å².